The molecule has 5 nitrogen and oxygen atoms in total. The Morgan fingerprint density at radius 1 is 0.821 bits per heavy atom. The third-order valence-electron chi connectivity index (χ3n) is 4.58. The molecule has 0 aliphatic heterocycles. The van der Waals surface area contributed by atoms with E-state index in [1.165, 1.54) is 0 Å². The van der Waals surface area contributed by atoms with Crippen LogP contribution in [0, 0.1) is 3.57 Å². The molecule has 3 aromatic carbocycles. The fraction of sp³-hybridized carbons (Fsp3) is 0.0455. The number of imidazole rings is 1. The highest BCUT2D eigenvalue weighted by Gasteiger charge is 2.17. The molecule has 6 heteroatoms. The van der Waals surface area contributed by atoms with Gasteiger partial charge in [-0.2, -0.15) is 0 Å². The van der Waals surface area contributed by atoms with Gasteiger partial charge in [-0.3, -0.25) is 4.57 Å². The number of hydrogen-bond acceptors (Lipinski definition) is 4. The Kier molecular flexibility index (Phi) is 4.20. The molecule has 136 valence electrons. The van der Waals surface area contributed by atoms with Crippen LogP contribution in [0.3, 0.4) is 0 Å². The van der Waals surface area contributed by atoms with Crippen molar-refractivity contribution in [3.8, 4) is 22.8 Å². The van der Waals surface area contributed by atoms with Crippen LogP contribution in [-0.4, -0.2) is 26.6 Å². The number of halogens is 1. The SMILES string of the molecule is COc1ccc(-c2nc3nc4ccccc4nc3n2-c2cccc(I)c2)cc1. The molecular formula is C22H15IN4O. The smallest absolute Gasteiger partial charge is 0.199 e. The molecule has 0 atom stereocenters. The Bertz CT molecular complexity index is 1310. The van der Waals surface area contributed by atoms with Gasteiger partial charge in [-0.15, -0.1) is 0 Å². The van der Waals surface area contributed by atoms with Crippen molar-refractivity contribution in [2.45, 2.75) is 0 Å². The predicted molar refractivity (Wildman–Crippen MR) is 119 cm³/mol. The predicted octanol–water partition coefficient (Wildman–Crippen LogP) is 5.25. The topological polar surface area (TPSA) is 52.8 Å². The van der Waals surface area contributed by atoms with E-state index in [4.69, 9.17) is 19.7 Å². The molecule has 0 amide bonds. The van der Waals surface area contributed by atoms with Gasteiger partial charge in [-0.1, -0.05) is 18.2 Å². The Hall–Kier alpha value is -3.00. The lowest BCUT2D eigenvalue weighted by molar-refractivity contribution is 0.415. The zero-order valence-electron chi connectivity index (χ0n) is 15.0. The van der Waals surface area contributed by atoms with Crippen LogP contribution in [-0.2, 0) is 0 Å². The largest absolute Gasteiger partial charge is 0.497 e. The molecule has 0 N–H and O–H groups in total. The van der Waals surface area contributed by atoms with Gasteiger partial charge in [-0.05, 0) is 77.2 Å². The van der Waals surface area contributed by atoms with E-state index < -0.39 is 0 Å². The molecule has 0 saturated carbocycles. The van der Waals surface area contributed by atoms with Crippen molar-refractivity contribution < 1.29 is 4.74 Å². The Morgan fingerprint density at radius 2 is 1.57 bits per heavy atom. The van der Waals surface area contributed by atoms with E-state index in [9.17, 15) is 0 Å². The van der Waals surface area contributed by atoms with Gasteiger partial charge in [0.15, 0.2) is 11.3 Å². The van der Waals surface area contributed by atoms with E-state index in [1.807, 2.05) is 54.6 Å². The summed E-state index contributed by atoms with van der Waals surface area (Å²) in [5, 5.41) is 0. The summed E-state index contributed by atoms with van der Waals surface area (Å²) < 4.78 is 8.51. The minimum atomic E-state index is 0.628. The molecule has 0 saturated heterocycles. The van der Waals surface area contributed by atoms with Crippen molar-refractivity contribution >= 4 is 44.9 Å². The summed E-state index contributed by atoms with van der Waals surface area (Å²) in [6, 6.07) is 24.0. The van der Waals surface area contributed by atoms with Gasteiger partial charge in [0, 0.05) is 9.13 Å². The standard InChI is InChI=1S/C22H15IN4O/c1-28-17-11-9-14(10-12-17)21-26-20-22(25-19-8-3-2-7-18(19)24-20)27(21)16-6-4-5-15(23)13-16/h2-13H,1H3. The van der Waals surface area contributed by atoms with Gasteiger partial charge in [0.1, 0.15) is 11.6 Å². The highest BCUT2D eigenvalue weighted by atomic mass is 127. The summed E-state index contributed by atoms with van der Waals surface area (Å²) >= 11 is 2.32. The molecule has 5 aromatic rings. The quantitative estimate of drug-likeness (QED) is 0.333. The van der Waals surface area contributed by atoms with E-state index in [0.717, 1.165) is 43.1 Å². The minimum absolute atomic E-state index is 0.628. The first-order chi connectivity index (χ1) is 13.7. The fourth-order valence-corrected chi connectivity index (χ4v) is 3.78. The third-order valence-corrected chi connectivity index (χ3v) is 5.26. The summed E-state index contributed by atoms with van der Waals surface area (Å²) in [5.41, 5.74) is 5.04. The van der Waals surface area contributed by atoms with Crippen LogP contribution in [0.25, 0.3) is 39.4 Å². The van der Waals surface area contributed by atoms with Crippen LogP contribution in [0.5, 0.6) is 5.75 Å². The Morgan fingerprint density at radius 3 is 2.29 bits per heavy atom. The number of fused-ring (bicyclic) bond motifs is 2. The summed E-state index contributed by atoms with van der Waals surface area (Å²) in [6.45, 7) is 0. The average Bonchev–Trinajstić information content (AvgIpc) is 3.10. The second-order valence-corrected chi connectivity index (χ2v) is 7.58. The van der Waals surface area contributed by atoms with Crippen molar-refractivity contribution in [3.63, 3.8) is 0 Å². The number of rotatable bonds is 3. The molecule has 0 aliphatic rings. The second-order valence-electron chi connectivity index (χ2n) is 6.34. The van der Waals surface area contributed by atoms with Crippen LogP contribution >= 0.6 is 22.6 Å². The molecule has 0 unspecified atom stereocenters. The molecule has 0 radical (unpaired) electrons. The number of ether oxygens (including phenoxy) is 1. The maximum Gasteiger partial charge on any atom is 0.199 e. The minimum Gasteiger partial charge on any atom is -0.497 e. The lowest BCUT2D eigenvalue weighted by Gasteiger charge is -2.10. The normalized spacial score (nSPS) is 11.2. The first-order valence-corrected chi connectivity index (χ1v) is 9.86. The van der Waals surface area contributed by atoms with Gasteiger partial charge in [-0.25, -0.2) is 15.0 Å². The van der Waals surface area contributed by atoms with Crippen LogP contribution in [0.2, 0.25) is 0 Å². The average molecular weight is 478 g/mol. The Balaban J connectivity index is 1.84. The second kappa shape index (κ2) is 6.87. The molecule has 0 spiro atoms. The van der Waals surface area contributed by atoms with Crippen LogP contribution in [0.15, 0.2) is 72.8 Å². The number of benzene rings is 3. The first-order valence-electron chi connectivity index (χ1n) is 8.78. The van der Waals surface area contributed by atoms with Crippen LogP contribution in [0.1, 0.15) is 0 Å². The van der Waals surface area contributed by atoms with E-state index in [0.29, 0.717) is 5.65 Å². The highest BCUT2D eigenvalue weighted by molar-refractivity contribution is 14.1. The summed E-state index contributed by atoms with van der Waals surface area (Å²) in [5.74, 6) is 1.61. The number of aromatic nitrogens is 4. The summed E-state index contributed by atoms with van der Waals surface area (Å²) in [7, 11) is 1.66. The maximum atomic E-state index is 5.29. The van der Waals surface area contributed by atoms with E-state index >= 15 is 0 Å². The van der Waals surface area contributed by atoms with Gasteiger partial charge >= 0.3 is 0 Å². The lowest BCUT2D eigenvalue weighted by Crippen LogP contribution is -1.99. The zero-order chi connectivity index (χ0) is 19.1. The van der Waals surface area contributed by atoms with Crippen molar-refractivity contribution in [1.82, 2.24) is 19.5 Å². The lowest BCUT2D eigenvalue weighted by atomic mass is 10.2. The fourth-order valence-electron chi connectivity index (χ4n) is 3.25. The first kappa shape index (κ1) is 17.1. The van der Waals surface area contributed by atoms with E-state index in [-0.39, 0.29) is 0 Å². The summed E-state index contributed by atoms with van der Waals surface area (Å²) in [4.78, 5) is 14.5. The molecule has 28 heavy (non-hydrogen) atoms. The molecule has 0 bridgehead atoms. The molecule has 0 fully saturated rings. The van der Waals surface area contributed by atoms with Crippen molar-refractivity contribution in [2.24, 2.45) is 0 Å². The monoisotopic (exact) mass is 478 g/mol. The maximum absolute atomic E-state index is 5.29. The van der Waals surface area contributed by atoms with Gasteiger partial charge in [0.25, 0.3) is 0 Å². The molecular weight excluding hydrogens is 463 g/mol. The summed E-state index contributed by atoms with van der Waals surface area (Å²) in [6.07, 6.45) is 0. The van der Waals surface area contributed by atoms with Gasteiger partial charge < -0.3 is 4.74 Å². The van der Waals surface area contributed by atoms with Crippen molar-refractivity contribution in [2.75, 3.05) is 7.11 Å². The van der Waals surface area contributed by atoms with Crippen molar-refractivity contribution in [1.29, 1.82) is 0 Å². The molecule has 5 rings (SSSR count). The number of methoxy groups -OCH3 is 1. The van der Waals surface area contributed by atoms with Crippen LogP contribution in [0.4, 0.5) is 0 Å². The molecule has 2 heterocycles. The van der Waals surface area contributed by atoms with Gasteiger partial charge in [0.05, 0.1) is 23.8 Å². The van der Waals surface area contributed by atoms with Crippen LogP contribution < -0.4 is 4.74 Å². The highest BCUT2D eigenvalue weighted by Crippen LogP contribution is 2.29. The molecule has 2 aromatic heterocycles. The van der Waals surface area contributed by atoms with Crippen molar-refractivity contribution in [3.05, 3.63) is 76.4 Å². The van der Waals surface area contributed by atoms with E-state index in [1.54, 1.807) is 7.11 Å². The van der Waals surface area contributed by atoms with Gasteiger partial charge in [0.2, 0.25) is 0 Å². The third kappa shape index (κ3) is 2.90. The number of para-hydroxylation sites is 2. The number of nitrogens with zero attached hydrogens (tertiary/aromatic N) is 4. The zero-order valence-corrected chi connectivity index (χ0v) is 17.2. The van der Waals surface area contributed by atoms with E-state index in [2.05, 4.69) is 45.4 Å². The molecule has 0 aliphatic carbocycles. The Labute approximate surface area is 175 Å². The number of hydrogen-bond donors (Lipinski definition) is 0.